The van der Waals surface area contributed by atoms with E-state index in [0.29, 0.717) is 11.3 Å². The number of thioether (sulfide) groups is 1. The fourth-order valence-electron chi connectivity index (χ4n) is 2.49. The molecule has 1 fully saturated rings. The van der Waals surface area contributed by atoms with Crippen molar-refractivity contribution in [1.29, 1.82) is 0 Å². The topological polar surface area (TPSA) is 12.0 Å². The Morgan fingerprint density at radius 3 is 2.67 bits per heavy atom. The predicted molar refractivity (Wildman–Crippen MR) is 76.6 cm³/mol. The molecule has 0 aliphatic heterocycles. The second-order valence-electron chi connectivity index (χ2n) is 4.96. The van der Waals surface area contributed by atoms with Gasteiger partial charge in [-0.25, -0.2) is 4.39 Å². The van der Waals surface area contributed by atoms with Crippen LogP contribution in [0.2, 0.25) is 0 Å². The van der Waals surface area contributed by atoms with Crippen LogP contribution in [0.5, 0.6) is 0 Å². The van der Waals surface area contributed by atoms with E-state index in [4.69, 9.17) is 0 Å². The highest BCUT2D eigenvalue weighted by Gasteiger charge is 2.25. The first-order valence-electron chi connectivity index (χ1n) is 6.95. The van der Waals surface area contributed by atoms with Gasteiger partial charge in [-0.05, 0) is 50.1 Å². The van der Waals surface area contributed by atoms with E-state index in [1.807, 2.05) is 23.9 Å². The standard InChI is InChI=1S/C15H22FNS/c1-2-11-17-14-5-3-4-6-15(14)18-13-9-7-12(16)8-10-13/h7-10,14-15,17H,2-6,11H2,1H3. The van der Waals surface area contributed by atoms with E-state index in [1.165, 1.54) is 37.0 Å². The van der Waals surface area contributed by atoms with Crippen molar-refractivity contribution in [3.8, 4) is 0 Å². The summed E-state index contributed by atoms with van der Waals surface area (Å²) in [6, 6.07) is 7.52. The lowest BCUT2D eigenvalue weighted by Gasteiger charge is -2.32. The van der Waals surface area contributed by atoms with Crippen LogP contribution in [0.1, 0.15) is 39.0 Å². The summed E-state index contributed by atoms with van der Waals surface area (Å²) in [5.74, 6) is -0.149. The first kappa shape index (κ1) is 13.9. The summed E-state index contributed by atoms with van der Waals surface area (Å²) in [4.78, 5) is 1.19. The van der Waals surface area contributed by atoms with Crippen LogP contribution >= 0.6 is 11.8 Å². The summed E-state index contributed by atoms with van der Waals surface area (Å²) in [5.41, 5.74) is 0. The largest absolute Gasteiger partial charge is 0.313 e. The number of hydrogen-bond donors (Lipinski definition) is 1. The highest BCUT2D eigenvalue weighted by molar-refractivity contribution is 8.00. The van der Waals surface area contributed by atoms with Crippen molar-refractivity contribution < 1.29 is 4.39 Å². The van der Waals surface area contributed by atoms with Crippen molar-refractivity contribution in [3.63, 3.8) is 0 Å². The molecule has 1 aromatic carbocycles. The SMILES string of the molecule is CCCNC1CCCCC1Sc1ccc(F)cc1. The number of hydrogen-bond acceptors (Lipinski definition) is 2. The molecule has 0 heterocycles. The van der Waals surface area contributed by atoms with Crippen LogP contribution in [0.25, 0.3) is 0 Å². The van der Waals surface area contributed by atoms with Crippen LogP contribution in [0.4, 0.5) is 4.39 Å². The van der Waals surface area contributed by atoms with Crippen LogP contribution in [0.3, 0.4) is 0 Å². The highest BCUT2D eigenvalue weighted by atomic mass is 32.2. The van der Waals surface area contributed by atoms with Gasteiger partial charge in [0.1, 0.15) is 5.82 Å². The zero-order valence-corrected chi connectivity index (χ0v) is 11.8. The van der Waals surface area contributed by atoms with Crippen molar-refractivity contribution in [2.75, 3.05) is 6.54 Å². The molecular formula is C15H22FNS. The Morgan fingerprint density at radius 2 is 1.94 bits per heavy atom. The third-order valence-electron chi connectivity index (χ3n) is 3.46. The summed E-state index contributed by atoms with van der Waals surface area (Å²) in [7, 11) is 0. The number of rotatable bonds is 5. The molecule has 1 aliphatic rings. The van der Waals surface area contributed by atoms with Crippen LogP contribution in [-0.2, 0) is 0 Å². The molecule has 3 heteroatoms. The lowest BCUT2D eigenvalue weighted by molar-refractivity contribution is 0.384. The zero-order valence-electron chi connectivity index (χ0n) is 11.0. The lowest BCUT2D eigenvalue weighted by Crippen LogP contribution is -2.40. The Morgan fingerprint density at radius 1 is 1.22 bits per heavy atom. The molecule has 1 aliphatic carbocycles. The van der Waals surface area contributed by atoms with E-state index >= 15 is 0 Å². The molecular weight excluding hydrogens is 245 g/mol. The van der Waals surface area contributed by atoms with Gasteiger partial charge in [-0.15, -0.1) is 11.8 Å². The summed E-state index contributed by atoms with van der Waals surface area (Å²) in [6.07, 6.45) is 6.39. The van der Waals surface area contributed by atoms with Gasteiger partial charge in [0.2, 0.25) is 0 Å². The maximum Gasteiger partial charge on any atom is 0.123 e. The third-order valence-corrected chi connectivity index (χ3v) is 4.87. The maximum absolute atomic E-state index is 12.9. The van der Waals surface area contributed by atoms with Gasteiger partial charge in [0.05, 0.1) is 0 Å². The fraction of sp³-hybridized carbons (Fsp3) is 0.600. The summed E-state index contributed by atoms with van der Waals surface area (Å²) in [6.45, 7) is 3.31. The summed E-state index contributed by atoms with van der Waals surface area (Å²) < 4.78 is 12.9. The first-order chi connectivity index (χ1) is 8.79. The van der Waals surface area contributed by atoms with Gasteiger partial charge in [-0.1, -0.05) is 19.8 Å². The van der Waals surface area contributed by atoms with Gasteiger partial charge >= 0.3 is 0 Å². The molecule has 2 atom stereocenters. The molecule has 100 valence electrons. The van der Waals surface area contributed by atoms with Gasteiger partial charge in [-0.3, -0.25) is 0 Å². The van der Waals surface area contributed by atoms with Crippen LogP contribution in [-0.4, -0.2) is 17.8 Å². The summed E-state index contributed by atoms with van der Waals surface area (Å²) >= 11 is 1.90. The van der Waals surface area contributed by atoms with Crippen molar-refractivity contribution in [2.24, 2.45) is 0 Å². The smallest absolute Gasteiger partial charge is 0.123 e. The zero-order chi connectivity index (χ0) is 12.8. The molecule has 2 rings (SSSR count). The third kappa shape index (κ3) is 3.99. The van der Waals surface area contributed by atoms with Gasteiger partial charge in [0.25, 0.3) is 0 Å². The Hall–Kier alpha value is -0.540. The predicted octanol–water partition coefficient (Wildman–Crippen LogP) is 4.23. The van der Waals surface area contributed by atoms with Crippen LogP contribution in [0, 0.1) is 5.82 Å². The molecule has 0 spiro atoms. The van der Waals surface area contributed by atoms with E-state index in [1.54, 1.807) is 12.1 Å². The second-order valence-corrected chi connectivity index (χ2v) is 6.27. The Labute approximate surface area is 114 Å². The molecule has 2 unspecified atom stereocenters. The average molecular weight is 267 g/mol. The minimum atomic E-state index is -0.149. The quantitative estimate of drug-likeness (QED) is 0.857. The molecule has 0 saturated heterocycles. The second kappa shape index (κ2) is 7.15. The van der Waals surface area contributed by atoms with E-state index in [9.17, 15) is 4.39 Å². The molecule has 1 N–H and O–H groups in total. The Kier molecular flexibility index (Phi) is 5.51. The molecule has 1 aromatic rings. The molecule has 0 bridgehead atoms. The molecule has 0 radical (unpaired) electrons. The van der Waals surface area contributed by atoms with Crippen molar-refractivity contribution in [2.45, 2.75) is 55.2 Å². The van der Waals surface area contributed by atoms with E-state index in [2.05, 4.69) is 12.2 Å². The van der Waals surface area contributed by atoms with E-state index < -0.39 is 0 Å². The normalized spacial score (nSPS) is 24.1. The van der Waals surface area contributed by atoms with Gasteiger partial charge in [0.15, 0.2) is 0 Å². The minimum absolute atomic E-state index is 0.149. The number of nitrogens with one attached hydrogen (secondary N) is 1. The Balaban J connectivity index is 1.94. The van der Waals surface area contributed by atoms with E-state index in [0.717, 1.165) is 6.54 Å². The summed E-state index contributed by atoms with van der Waals surface area (Å²) in [5, 5.41) is 4.29. The molecule has 0 amide bonds. The minimum Gasteiger partial charge on any atom is -0.313 e. The van der Waals surface area contributed by atoms with Gasteiger partial charge in [-0.2, -0.15) is 0 Å². The number of halogens is 1. The van der Waals surface area contributed by atoms with Crippen molar-refractivity contribution >= 4 is 11.8 Å². The molecule has 1 nitrogen and oxygen atoms in total. The monoisotopic (exact) mass is 267 g/mol. The Bertz CT molecular complexity index is 352. The molecule has 18 heavy (non-hydrogen) atoms. The number of benzene rings is 1. The van der Waals surface area contributed by atoms with Crippen molar-refractivity contribution in [1.82, 2.24) is 5.32 Å². The van der Waals surface area contributed by atoms with Gasteiger partial charge in [0, 0.05) is 16.2 Å². The molecule has 0 aromatic heterocycles. The average Bonchev–Trinajstić information content (AvgIpc) is 2.40. The van der Waals surface area contributed by atoms with E-state index in [-0.39, 0.29) is 5.82 Å². The van der Waals surface area contributed by atoms with Gasteiger partial charge < -0.3 is 5.32 Å². The van der Waals surface area contributed by atoms with Crippen molar-refractivity contribution in [3.05, 3.63) is 30.1 Å². The maximum atomic E-state index is 12.9. The first-order valence-corrected chi connectivity index (χ1v) is 7.83. The highest BCUT2D eigenvalue weighted by Crippen LogP contribution is 2.33. The lowest BCUT2D eigenvalue weighted by atomic mass is 9.95. The molecule has 1 saturated carbocycles. The van der Waals surface area contributed by atoms with Crippen LogP contribution in [0.15, 0.2) is 29.2 Å². The fourth-order valence-corrected chi connectivity index (χ4v) is 3.81. The van der Waals surface area contributed by atoms with Crippen LogP contribution < -0.4 is 5.32 Å².